The van der Waals surface area contributed by atoms with Crippen molar-refractivity contribution in [2.45, 2.75) is 26.8 Å². The molecule has 0 bridgehead atoms. The van der Waals surface area contributed by atoms with Gasteiger partial charge in [0.1, 0.15) is 17.6 Å². The standard InChI is InChI=1S/C16H17NO4/c1-9-11(3)21-14(12-7-5-4-6-8-12)13(9)15(18)17-10(2)16(19)20/h4-8,10H,1-3H3,(H,17,18)(H,19,20). The summed E-state index contributed by atoms with van der Waals surface area (Å²) in [5.41, 5.74) is 1.87. The van der Waals surface area contributed by atoms with E-state index >= 15 is 0 Å². The van der Waals surface area contributed by atoms with Gasteiger partial charge in [-0.2, -0.15) is 0 Å². The molecule has 0 saturated carbocycles. The molecule has 2 aromatic rings. The van der Waals surface area contributed by atoms with E-state index in [0.717, 1.165) is 5.56 Å². The van der Waals surface area contributed by atoms with Gasteiger partial charge < -0.3 is 14.8 Å². The lowest BCUT2D eigenvalue weighted by atomic mass is 10.0. The van der Waals surface area contributed by atoms with Crippen molar-refractivity contribution < 1.29 is 19.1 Å². The molecule has 21 heavy (non-hydrogen) atoms. The minimum atomic E-state index is -1.08. The number of carbonyl (C=O) groups is 2. The van der Waals surface area contributed by atoms with Gasteiger partial charge in [-0.1, -0.05) is 30.3 Å². The van der Waals surface area contributed by atoms with E-state index in [1.165, 1.54) is 6.92 Å². The van der Waals surface area contributed by atoms with Crippen LogP contribution in [-0.4, -0.2) is 23.0 Å². The van der Waals surface area contributed by atoms with Crippen molar-refractivity contribution in [2.75, 3.05) is 0 Å². The van der Waals surface area contributed by atoms with E-state index in [2.05, 4.69) is 5.32 Å². The Morgan fingerprint density at radius 3 is 2.38 bits per heavy atom. The molecule has 1 amide bonds. The second kappa shape index (κ2) is 5.83. The van der Waals surface area contributed by atoms with Crippen LogP contribution >= 0.6 is 0 Å². The molecule has 110 valence electrons. The number of amides is 1. The number of aryl methyl sites for hydroxylation is 1. The van der Waals surface area contributed by atoms with Gasteiger partial charge in [-0.05, 0) is 20.8 Å². The van der Waals surface area contributed by atoms with Gasteiger partial charge in [0.2, 0.25) is 0 Å². The Bertz CT molecular complexity index is 673. The van der Waals surface area contributed by atoms with Gasteiger partial charge >= 0.3 is 5.97 Å². The van der Waals surface area contributed by atoms with E-state index in [1.54, 1.807) is 13.8 Å². The van der Waals surface area contributed by atoms with Crippen molar-refractivity contribution in [1.82, 2.24) is 5.32 Å². The number of aliphatic carboxylic acids is 1. The monoisotopic (exact) mass is 287 g/mol. The third-order valence-corrected chi connectivity index (χ3v) is 3.37. The van der Waals surface area contributed by atoms with Crippen molar-refractivity contribution in [3.8, 4) is 11.3 Å². The summed E-state index contributed by atoms with van der Waals surface area (Å²) in [6, 6.07) is 8.30. The number of furan rings is 1. The Labute approximate surface area is 122 Å². The molecule has 0 aliphatic rings. The maximum Gasteiger partial charge on any atom is 0.325 e. The first-order chi connectivity index (χ1) is 9.91. The highest BCUT2D eigenvalue weighted by atomic mass is 16.4. The van der Waals surface area contributed by atoms with Crippen LogP contribution in [0.15, 0.2) is 34.7 Å². The van der Waals surface area contributed by atoms with E-state index in [0.29, 0.717) is 22.6 Å². The minimum absolute atomic E-state index is 0.381. The molecule has 0 spiro atoms. The molecular formula is C16H17NO4. The number of hydrogen-bond donors (Lipinski definition) is 2. The van der Waals surface area contributed by atoms with Gasteiger partial charge in [-0.15, -0.1) is 0 Å². The molecule has 2 N–H and O–H groups in total. The van der Waals surface area contributed by atoms with Crippen molar-refractivity contribution in [1.29, 1.82) is 0 Å². The third kappa shape index (κ3) is 2.97. The van der Waals surface area contributed by atoms with Gasteiger partial charge in [0.25, 0.3) is 5.91 Å². The summed E-state index contributed by atoms with van der Waals surface area (Å²) < 4.78 is 5.69. The topological polar surface area (TPSA) is 79.5 Å². The zero-order valence-electron chi connectivity index (χ0n) is 12.1. The number of benzene rings is 1. The second-order valence-corrected chi connectivity index (χ2v) is 4.89. The summed E-state index contributed by atoms with van der Waals surface area (Å²) in [6.45, 7) is 4.98. The van der Waals surface area contributed by atoms with E-state index in [9.17, 15) is 9.59 Å². The van der Waals surface area contributed by atoms with E-state index in [4.69, 9.17) is 9.52 Å². The zero-order valence-corrected chi connectivity index (χ0v) is 12.1. The fourth-order valence-corrected chi connectivity index (χ4v) is 2.02. The first kappa shape index (κ1) is 14.8. The molecule has 2 rings (SSSR count). The number of carboxylic acids is 1. The van der Waals surface area contributed by atoms with Crippen LogP contribution < -0.4 is 5.32 Å². The van der Waals surface area contributed by atoms with Crippen LogP contribution in [0.3, 0.4) is 0 Å². The number of nitrogens with one attached hydrogen (secondary N) is 1. The molecule has 0 aliphatic carbocycles. The fraction of sp³-hybridized carbons (Fsp3) is 0.250. The SMILES string of the molecule is Cc1oc(-c2ccccc2)c(C(=O)NC(C)C(=O)O)c1C. The Kier molecular flexibility index (Phi) is 4.12. The van der Waals surface area contributed by atoms with Crippen molar-refractivity contribution in [3.05, 3.63) is 47.2 Å². The molecule has 5 heteroatoms. The highest BCUT2D eigenvalue weighted by Crippen LogP contribution is 2.30. The maximum atomic E-state index is 12.4. The average Bonchev–Trinajstić information content (AvgIpc) is 2.75. The number of carbonyl (C=O) groups excluding carboxylic acids is 1. The van der Waals surface area contributed by atoms with E-state index in [-0.39, 0.29) is 0 Å². The fourth-order valence-electron chi connectivity index (χ4n) is 2.02. The minimum Gasteiger partial charge on any atom is -0.480 e. The summed E-state index contributed by atoms with van der Waals surface area (Å²) in [5.74, 6) is -0.428. The number of hydrogen-bond acceptors (Lipinski definition) is 3. The van der Waals surface area contributed by atoms with Crippen molar-refractivity contribution >= 4 is 11.9 Å². The van der Waals surface area contributed by atoms with Gasteiger partial charge in [0.05, 0.1) is 5.56 Å². The summed E-state index contributed by atoms with van der Waals surface area (Å²) in [5, 5.41) is 11.4. The predicted molar refractivity (Wildman–Crippen MR) is 78.2 cm³/mol. The van der Waals surface area contributed by atoms with Crippen LogP contribution in [0.25, 0.3) is 11.3 Å². The van der Waals surface area contributed by atoms with Crippen molar-refractivity contribution in [2.24, 2.45) is 0 Å². The summed E-state index contributed by atoms with van der Waals surface area (Å²) in [6.07, 6.45) is 0. The highest BCUT2D eigenvalue weighted by Gasteiger charge is 2.24. The Balaban J connectivity index is 2.44. The number of rotatable bonds is 4. The third-order valence-electron chi connectivity index (χ3n) is 3.37. The van der Waals surface area contributed by atoms with Gasteiger partial charge in [0.15, 0.2) is 0 Å². The molecule has 0 fully saturated rings. The van der Waals surface area contributed by atoms with Crippen LogP contribution in [0, 0.1) is 13.8 Å². The maximum absolute atomic E-state index is 12.4. The van der Waals surface area contributed by atoms with E-state index in [1.807, 2.05) is 30.3 Å². The second-order valence-electron chi connectivity index (χ2n) is 4.89. The van der Waals surface area contributed by atoms with Crippen LogP contribution in [-0.2, 0) is 4.79 Å². The summed E-state index contributed by atoms with van der Waals surface area (Å²) in [4.78, 5) is 23.2. The molecule has 0 aliphatic heterocycles. The Morgan fingerprint density at radius 1 is 1.19 bits per heavy atom. The summed E-state index contributed by atoms with van der Waals surface area (Å²) in [7, 11) is 0. The van der Waals surface area contributed by atoms with Crippen LogP contribution in [0.5, 0.6) is 0 Å². The summed E-state index contributed by atoms with van der Waals surface area (Å²) >= 11 is 0. The molecule has 1 unspecified atom stereocenters. The zero-order chi connectivity index (χ0) is 15.6. The predicted octanol–water partition coefficient (Wildman–Crippen LogP) is 2.77. The highest BCUT2D eigenvalue weighted by molar-refractivity contribution is 6.02. The van der Waals surface area contributed by atoms with Gasteiger partial charge in [-0.25, -0.2) is 0 Å². The first-order valence-electron chi connectivity index (χ1n) is 6.61. The van der Waals surface area contributed by atoms with Gasteiger partial charge in [-0.3, -0.25) is 9.59 Å². The molecule has 1 aromatic carbocycles. The van der Waals surface area contributed by atoms with Crippen molar-refractivity contribution in [3.63, 3.8) is 0 Å². The molecule has 5 nitrogen and oxygen atoms in total. The lowest BCUT2D eigenvalue weighted by Gasteiger charge is -2.10. The lowest BCUT2D eigenvalue weighted by molar-refractivity contribution is -0.138. The molecular weight excluding hydrogens is 270 g/mol. The Hall–Kier alpha value is -2.56. The molecule has 0 saturated heterocycles. The van der Waals surface area contributed by atoms with Crippen LogP contribution in [0.1, 0.15) is 28.6 Å². The quantitative estimate of drug-likeness (QED) is 0.906. The normalized spacial score (nSPS) is 12.0. The largest absolute Gasteiger partial charge is 0.480 e. The lowest BCUT2D eigenvalue weighted by Crippen LogP contribution is -2.38. The smallest absolute Gasteiger partial charge is 0.325 e. The average molecular weight is 287 g/mol. The van der Waals surface area contributed by atoms with Crippen LogP contribution in [0.4, 0.5) is 0 Å². The molecule has 1 atom stereocenters. The first-order valence-corrected chi connectivity index (χ1v) is 6.61. The van der Waals surface area contributed by atoms with Crippen LogP contribution in [0.2, 0.25) is 0 Å². The van der Waals surface area contributed by atoms with Gasteiger partial charge in [0, 0.05) is 11.1 Å². The Morgan fingerprint density at radius 2 is 1.81 bits per heavy atom. The molecule has 1 aromatic heterocycles. The molecule has 1 heterocycles. The molecule has 0 radical (unpaired) electrons. The number of carboxylic acid groups (broad SMARTS) is 1. The van der Waals surface area contributed by atoms with E-state index < -0.39 is 17.9 Å².